The minimum Gasteiger partial charge on any atom is -0.493 e. The number of benzene rings is 2. The van der Waals surface area contributed by atoms with Crippen molar-refractivity contribution in [3.05, 3.63) is 51.5 Å². The minimum atomic E-state index is 0.146. The Labute approximate surface area is 156 Å². The quantitative estimate of drug-likeness (QED) is 0.780. The van der Waals surface area contributed by atoms with Gasteiger partial charge in [0.25, 0.3) is 0 Å². The minimum absolute atomic E-state index is 0.146. The molecule has 1 fully saturated rings. The number of anilines is 1. The Morgan fingerprint density at radius 1 is 1.16 bits per heavy atom. The van der Waals surface area contributed by atoms with Crippen molar-refractivity contribution in [2.75, 3.05) is 26.1 Å². The number of hydrogen-bond donors (Lipinski definition) is 1. The van der Waals surface area contributed by atoms with Crippen molar-refractivity contribution < 1.29 is 14.2 Å². The highest BCUT2D eigenvalue weighted by atomic mass is 79.9. The molecular formula is C20H22BrNO3. The first-order chi connectivity index (χ1) is 12.1. The molecule has 2 aromatic carbocycles. The molecule has 1 N–H and O–H groups in total. The molecule has 4 rings (SSSR count). The summed E-state index contributed by atoms with van der Waals surface area (Å²) < 4.78 is 18.0. The van der Waals surface area contributed by atoms with Crippen molar-refractivity contribution >= 4 is 21.6 Å². The number of aryl methyl sites for hydroxylation is 1. The van der Waals surface area contributed by atoms with Gasteiger partial charge in [0, 0.05) is 23.8 Å². The number of hydrogen-bond acceptors (Lipinski definition) is 4. The van der Waals surface area contributed by atoms with Gasteiger partial charge in [-0.15, -0.1) is 0 Å². The highest BCUT2D eigenvalue weighted by Crippen LogP contribution is 2.51. The standard InChI is InChI=1S/C20H22BrNO3/c1-11-4-5-16-14(8-11)19-13(6-7-25-19)18(22-16)12-9-15(21)20(24-3)17(10-12)23-2/h4-5,8-10,13,18-19,22H,6-7H2,1-3H3/t13-,18-,19+/m0/s1. The number of rotatable bonds is 3. The average molecular weight is 404 g/mol. The highest BCUT2D eigenvalue weighted by molar-refractivity contribution is 9.10. The maximum Gasteiger partial charge on any atom is 0.174 e. The molecule has 0 saturated carbocycles. The van der Waals surface area contributed by atoms with Gasteiger partial charge in [0.05, 0.1) is 30.8 Å². The predicted molar refractivity (Wildman–Crippen MR) is 102 cm³/mol. The second-order valence-electron chi connectivity index (χ2n) is 6.69. The third kappa shape index (κ3) is 2.79. The lowest BCUT2D eigenvalue weighted by atomic mass is 9.80. The van der Waals surface area contributed by atoms with Crippen molar-refractivity contribution in [3.63, 3.8) is 0 Å². The average Bonchev–Trinajstić information content (AvgIpc) is 3.10. The lowest BCUT2D eigenvalue weighted by Gasteiger charge is -2.37. The number of fused-ring (bicyclic) bond motifs is 3. The second-order valence-corrected chi connectivity index (χ2v) is 7.55. The Balaban J connectivity index is 1.78. The Hall–Kier alpha value is -1.72. The lowest BCUT2D eigenvalue weighted by molar-refractivity contribution is 0.0828. The van der Waals surface area contributed by atoms with E-state index in [1.807, 2.05) is 0 Å². The van der Waals surface area contributed by atoms with Crippen LogP contribution in [-0.2, 0) is 4.74 Å². The zero-order valence-electron chi connectivity index (χ0n) is 14.6. The summed E-state index contributed by atoms with van der Waals surface area (Å²) in [7, 11) is 3.32. The molecule has 0 bridgehead atoms. The van der Waals surface area contributed by atoms with E-state index in [2.05, 4.69) is 58.5 Å². The van der Waals surface area contributed by atoms with Gasteiger partial charge in [0.2, 0.25) is 0 Å². The molecule has 2 aromatic rings. The smallest absolute Gasteiger partial charge is 0.174 e. The number of ether oxygens (including phenoxy) is 3. The summed E-state index contributed by atoms with van der Waals surface area (Å²) in [5.74, 6) is 1.86. The summed E-state index contributed by atoms with van der Waals surface area (Å²) in [4.78, 5) is 0. The Morgan fingerprint density at radius 3 is 2.76 bits per heavy atom. The van der Waals surface area contributed by atoms with Gasteiger partial charge in [-0.3, -0.25) is 0 Å². The molecule has 4 nitrogen and oxygen atoms in total. The number of nitrogens with one attached hydrogen (secondary N) is 1. The molecule has 5 heteroatoms. The summed E-state index contributed by atoms with van der Waals surface area (Å²) in [6, 6.07) is 10.9. The molecule has 1 saturated heterocycles. The zero-order chi connectivity index (χ0) is 17.6. The predicted octanol–water partition coefficient (Wildman–Crippen LogP) is 5.02. The monoisotopic (exact) mass is 403 g/mol. The first-order valence-corrected chi connectivity index (χ1v) is 9.31. The van der Waals surface area contributed by atoms with Crippen LogP contribution in [0.2, 0.25) is 0 Å². The SMILES string of the molecule is COc1cc([C@@H]2Nc3ccc(C)cc3[C@@H]3OCC[C@@H]23)cc(Br)c1OC. The van der Waals surface area contributed by atoms with Gasteiger partial charge < -0.3 is 19.5 Å². The molecular weight excluding hydrogens is 382 g/mol. The van der Waals surface area contributed by atoms with Crippen molar-refractivity contribution in [2.45, 2.75) is 25.5 Å². The fourth-order valence-corrected chi connectivity index (χ4v) is 4.66. The normalized spacial score (nSPS) is 24.2. The summed E-state index contributed by atoms with van der Waals surface area (Å²) >= 11 is 3.62. The summed E-state index contributed by atoms with van der Waals surface area (Å²) in [5.41, 5.74) is 4.88. The van der Waals surface area contributed by atoms with E-state index < -0.39 is 0 Å². The van der Waals surface area contributed by atoms with Gasteiger partial charge in [-0.2, -0.15) is 0 Å². The molecule has 0 aromatic heterocycles. The fraction of sp³-hybridized carbons (Fsp3) is 0.400. The molecule has 2 aliphatic rings. The second kappa shape index (κ2) is 6.54. The van der Waals surface area contributed by atoms with E-state index in [-0.39, 0.29) is 12.1 Å². The molecule has 2 heterocycles. The van der Waals surface area contributed by atoms with Gasteiger partial charge in [-0.05, 0) is 53.0 Å². The fourth-order valence-electron chi connectivity index (χ4n) is 4.04. The van der Waals surface area contributed by atoms with Gasteiger partial charge in [0.15, 0.2) is 11.5 Å². The molecule has 25 heavy (non-hydrogen) atoms. The summed E-state index contributed by atoms with van der Waals surface area (Å²) in [6.45, 7) is 2.93. The van der Waals surface area contributed by atoms with Crippen LogP contribution in [0, 0.1) is 12.8 Å². The summed E-state index contributed by atoms with van der Waals surface area (Å²) in [5, 5.41) is 3.73. The maximum absolute atomic E-state index is 6.11. The van der Waals surface area contributed by atoms with Gasteiger partial charge in [-0.25, -0.2) is 0 Å². The molecule has 0 amide bonds. The number of methoxy groups -OCH3 is 2. The van der Waals surface area contributed by atoms with E-state index in [9.17, 15) is 0 Å². The Kier molecular flexibility index (Phi) is 4.38. The molecule has 2 aliphatic heterocycles. The summed E-state index contributed by atoms with van der Waals surface area (Å²) in [6.07, 6.45) is 1.19. The van der Waals surface area contributed by atoms with Crippen LogP contribution in [0.3, 0.4) is 0 Å². The topological polar surface area (TPSA) is 39.7 Å². The van der Waals surface area contributed by atoms with E-state index in [0.717, 1.165) is 34.7 Å². The maximum atomic E-state index is 6.11. The van der Waals surface area contributed by atoms with Crippen molar-refractivity contribution in [1.82, 2.24) is 0 Å². The molecule has 0 spiro atoms. The highest BCUT2D eigenvalue weighted by Gasteiger charge is 2.41. The van der Waals surface area contributed by atoms with Crippen LogP contribution in [-0.4, -0.2) is 20.8 Å². The van der Waals surface area contributed by atoms with E-state index in [0.29, 0.717) is 5.92 Å². The zero-order valence-corrected chi connectivity index (χ0v) is 16.2. The molecule has 3 atom stereocenters. The van der Waals surface area contributed by atoms with Crippen molar-refractivity contribution in [3.8, 4) is 11.5 Å². The van der Waals surface area contributed by atoms with Crippen LogP contribution in [0.1, 0.15) is 35.3 Å². The third-order valence-corrected chi connectivity index (χ3v) is 5.79. The van der Waals surface area contributed by atoms with E-state index in [4.69, 9.17) is 14.2 Å². The van der Waals surface area contributed by atoms with Crippen LogP contribution in [0.25, 0.3) is 0 Å². The van der Waals surface area contributed by atoms with Crippen LogP contribution >= 0.6 is 15.9 Å². The van der Waals surface area contributed by atoms with Crippen LogP contribution < -0.4 is 14.8 Å². The molecule has 132 valence electrons. The van der Waals surface area contributed by atoms with Gasteiger partial charge in [0.1, 0.15) is 0 Å². The lowest BCUT2D eigenvalue weighted by Crippen LogP contribution is -2.29. The van der Waals surface area contributed by atoms with Crippen molar-refractivity contribution in [2.24, 2.45) is 5.92 Å². The third-order valence-electron chi connectivity index (χ3n) is 5.21. The van der Waals surface area contributed by atoms with E-state index >= 15 is 0 Å². The van der Waals surface area contributed by atoms with Crippen LogP contribution in [0.5, 0.6) is 11.5 Å². The molecule has 0 unspecified atom stereocenters. The van der Waals surface area contributed by atoms with E-state index in [1.54, 1.807) is 14.2 Å². The molecule has 0 radical (unpaired) electrons. The first-order valence-electron chi connectivity index (χ1n) is 8.52. The van der Waals surface area contributed by atoms with Crippen LogP contribution in [0.4, 0.5) is 5.69 Å². The largest absolute Gasteiger partial charge is 0.493 e. The Bertz CT molecular complexity index is 808. The first kappa shape index (κ1) is 16.7. The van der Waals surface area contributed by atoms with Gasteiger partial charge >= 0.3 is 0 Å². The Morgan fingerprint density at radius 2 is 2.00 bits per heavy atom. The van der Waals surface area contributed by atoms with E-state index in [1.165, 1.54) is 16.7 Å². The van der Waals surface area contributed by atoms with Crippen molar-refractivity contribution in [1.29, 1.82) is 0 Å². The van der Waals surface area contributed by atoms with Gasteiger partial charge in [-0.1, -0.05) is 17.7 Å². The van der Waals surface area contributed by atoms with Crippen LogP contribution in [0.15, 0.2) is 34.8 Å². The molecule has 0 aliphatic carbocycles. The number of halogens is 1.